The summed E-state index contributed by atoms with van der Waals surface area (Å²) in [6, 6.07) is 4.54. The molecule has 1 aliphatic carbocycles. The van der Waals surface area contributed by atoms with E-state index in [0.29, 0.717) is 12.0 Å². The lowest BCUT2D eigenvalue weighted by Crippen LogP contribution is -2.25. The molecule has 2 N–H and O–H groups in total. The van der Waals surface area contributed by atoms with Crippen molar-refractivity contribution < 1.29 is 0 Å². The van der Waals surface area contributed by atoms with Crippen LogP contribution in [-0.4, -0.2) is 6.04 Å². The molecule has 14 heavy (non-hydrogen) atoms. The van der Waals surface area contributed by atoms with Crippen molar-refractivity contribution in [2.75, 3.05) is 0 Å². The van der Waals surface area contributed by atoms with Crippen molar-refractivity contribution in [1.82, 2.24) is 0 Å². The predicted octanol–water partition coefficient (Wildman–Crippen LogP) is 3.32. The van der Waals surface area contributed by atoms with Gasteiger partial charge >= 0.3 is 0 Å². The van der Waals surface area contributed by atoms with E-state index in [9.17, 15) is 0 Å². The van der Waals surface area contributed by atoms with E-state index in [-0.39, 0.29) is 0 Å². The second-order valence-corrected chi connectivity index (χ2v) is 6.07. The van der Waals surface area contributed by atoms with E-state index in [4.69, 9.17) is 17.3 Å². The fourth-order valence-electron chi connectivity index (χ4n) is 2.29. The molecular weight excluding hydrogens is 214 g/mol. The molecule has 1 aliphatic rings. The fraction of sp³-hybridized carbons (Fsp3) is 0.636. The van der Waals surface area contributed by atoms with Crippen LogP contribution in [0, 0.1) is 11.8 Å². The molecule has 0 aromatic carbocycles. The van der Waals surface area contributed by atoms with Gasteiger partial charge in [-0.3, -0.25) is 0 Å². The summed E-state index contributed by atoms with van der Waals surface area (Å²) in [7, 11) is 0. The van der Waals surface area contributed by atoms with Crippen molar-refractivity contribution in [2.45, 2.75) is 32.2 Å². The average Bonchev–Trinajstić information content (AvgIpc) is 2.67. The number of hydrogen-bond donors (Lipinski definition) is 1. The van der Waals surface area contributed by atoms with Crippen LogP contribution >= 0.6 is 22.9 Å². The van der Waals surface area contributed by atoms with E-state index in [1.54, 1.807) is 11.3 Å². The number of hydrogen-bond acceptors (Lipinski definition) is 2. The molecule has 1 aromatic heterocycles. The van der Waals surface area contributed by atoms with Gasteiger partial charge in [-0.2, -0.15) is 0 Å². The highest BCUT2D eigenvalue weighted by Gasteiger charge is 2.30. The highest BCUT2D eigenvalue weighted by Crippen LogP contribution is 2.35. The summed E-state index contributed by atoms with van der Waals surface area (Å²) >= 11 is 7.61. The third-order valence-electron chi connectivity index (χ3n) is 3.38. The Morgan fingerprint density at radius 1 is 1.50 bits per heavy atom. The highest BCUT2D eigenvalue weighted by molar-refractivity contribution is 7.16. The number of thiophene rings is 1. The van der Waals surface area contributed by atoms with Gasteiger partial charge in [-0.1, -0.05) is 18.5 Å². The Morgan fingerprint density at radius 3 is 2.79 bits per heavy atom. The second-order valence-electron chi connectivity index (χ2n) is 4.27. The fourth-order valence-corrected chi connectivity index (χ4v) is 3.47. The highest BCUT2D eigenvalue weighted by atomic mass is 35.5. The molecule has 0 spiro atoms. The van der Waals surface area contributed by atoms with Crippen LogP contribution in [0.25, 0.3) is 0 Å². The average molecular weight is 230 g/mol. The third kappa shape index (κ3) is 2.13. The van der Waals surface area contributed by atoms with Crippen LogP contribution in [0.3, 0.4) is 0 Å². The lowest BCUT2D eigenvalue weighted by atomic mass is 9.92. The van der Waals surface area contributed by atoms with Crippen molar-refractivity contribution in [1.29, 1.82) is 0 Å². The minimum Gasteiger partial charge on any atom is -0.327 e. The lowest BCUT2D eigenvalue weighted by Gasteiger charge is -2.16. The summed E-state index contributed by atoms with van der Waals surface area (Å²) in [4.78, 5) is 1.40. The summed E-state index contributed by atoms with van der Waals surface area (Å²) in [6.45, 7) is 2.28. The summed E-state index contributed by atoms with van der Waals surface area (Å²) in [5.74, 6) is 1.43. The smallest absolute Gasteiger partial charge is 0.0931 e. The van der Waals surface area contributed by atoms with E-state index in [1.165, 1.54) is 17.7 Å². The zero-order chi connectivity index (χ0) is 10.1. The van der Waals surface area contributed by atoms with Gasteiger partial charge in [0.1, 0.15) is 0 Å². The van der Waals surface area contributed by atoms with E-state index in [2.05, 4.69) is 13.0 Å². The topological polar surface area (TPSA) is 26.0 Å². The van der Waals surface area contributed by atoms with Gasteiger partial charge in [0.2, 0.25) is 0 Å². The molecule has 2 rings (SSSR count). The van der Waals surface area contributed by atoms with Gasteiger partial charge in [0.05, 0.1) is 4.34 Å². The van der Waals surface area contributed by atoms with Gasteiger partial charge in [-0.15, -0.1) is 11.3 Å². The number of rotatable bonds is 2. The first-order valence-electron chi connectivity index (χ1n) is 5.16. The normalized spacial score (nSPS) is 32.4. The van der Waals surface area contributed by atoms with Gasteiger partial charge in [0.15, 0.2) is 0 Å². The van der Waals surface area contributed by atoms with Gasteiger partial charge in [-0.05, 0) is 43.2 Å². The minimum absolute atomic E-state index is 0.412. The summed E-state index contributed by atoms with van der Waals surface area (Å²) in [6.07, 6.45) is 3.62. The molecule has 0 amide bonds. The molecule has 1 aromatic rings. The number of halogens is 1. The molecular formula is C11H16ClNS. The van der Waals surface area contributed by atoms with Crippen LogP contribution in [0.15, 0.2) is 12.1 Å². The molecule has 3 unspecified atom stereocenters. The van der Waals surface area contributed by atoms with Crippen LogP contribution in [0.2, 0.25) is 4.34 Å². The lowest BCUT2D eigenvalue weighted by molar-refractivity contribution is 0.392. The third-order valence-corrected chi connectivity index (χ3v) is 4.64. The molecule has 0 aliphatic heterocycles. The first-order valence-corrected chi connectivity index (χ1v) is 6.36. The molecule has 1 nitrogen and oxygen atoms in total. The predicted molar refractivity (Wildman–Crippen MR) is 62.9 cm³/mol. The molecule has 78 valence electrons. The van der Waals surface area contributed by atoms with Gasteiger partial charge in [0, 0.05) is 10.9 Å². The Bertz CT molecular complexity index is 310. The Hall–Kier alpha value is -0.0500. The van der Waals surface area contributed by atoms with E-state index in [1.807, 2.05) is 6.07 Å². The Morgan fingerprint density at radius 2 is 2.29 bits per heavy atom. The first-order chi connectivity index (χ1) is 6.66. The molecule has 0 bridgehead atoms. The monoisotopic (exact) mass is 229 g/mol. The molecule has 0 radical (unpaired) electrons. The van der Waals surface area contributed by atoms with E-state index >= 15 is 0 Å². The molecule has 0 saturated heterocycles. The maximum absolute atomic E-state index is 6.00. The quantitative estimate of drug-likeness (QED) is 0.828. The van der Waals surface area contributed by atoms with E-state index in [0.717, 1.165) is 16.7 Å². The van der Waals surface area contributed by atoms with Crippen molar-refractivity contribution in [3.05, 3.63) is 21.3 Å². The summed E-state index contributed by atoms with van der Waals surface area (Å²) < 4.78 is 0.898. The summed E-state index contributed by atoms with van der Waals surface area (Å²) in [5, 5.41) is 0. The maximum Gasteiger partial charge on any atom is 0.0931 e. The molecule has 1 heterocycles. The van der Waals surface area contributed by atoms with Crippen molar-refractivity contribution in [3.8, 4) is 0 Å². The van der Waals surface area contributed by atoms with Crippen molar-refractivity contribution in [3.63, 3.8) is 0 Å². The summed E-state index contributed by atoms with van der Waals surface area (Å²) in [5.41, 5.74) is 6.00. The van der Waals surface area contributed by atoms with Crippen molar-refractivity contribution in [2.24, 2.45) is 17.6 Å². The standard InChI is InChI=1S/C11H16ClNS/c1-7-8(2-4-10(7)13)6-9-3-5-11(12)14-9/h3,5,7-8,10H,2,4,6,13H2,1H3. The van der Waals surface area contributed by atoms with E-state index < -0.39 is 0 Å². The molecule has 1 saturated carbocycles. The second kappa shape index (κ2) is 4.21. The Kier molecular flexibility index (Phi) is 3.15. The van der Waals surface area contributed by atoms with Crippen LogP contribution in [0.1, 0.15) is 24.6 Å². The van der Waals surface area contributed by atoms with Crippen LogP contribution < -0.4 is 5.73 Å². The van der Waals surface area contributed by atoms with Gasteiger partial charge in [0.25, 0.3) is 0 Å². The first kappa shape index (κ1) is 10.5. The van der Waals surface area contributed by atoms with Crippen molar-refractivity contribution >= 4 is 22.9 Å². The SMILES string of the molecule is CC1C(N)CCC1Cc1ccc(Cl)s1. The zero-order valence-corrected chi connectivity index (χ0v) is 9.94. The van der Waals surface area contributed by atoms with Gasteiger partial charge < -0.3 is 5.73 Å². The van der Waals surface area contributed by atoms with Gasteiger partial charge in [-0.25, -0.2) is 0 Å². The molecule has 3 atom stereocenters. The van der Waals surface area contributed by atoms with Crippen LogP contribution in [0.4, 0.5) is 0 Å². The molecule has 3 heteroatoms. The zero-order valence-electron chi connectivity index (χ0n) is 8.37. The maximum atomic E-state index is 6.00. The number of nitrogens with two attached hydrogens (primary N) is 1. The van der Waals surface area contributed by atoms with Crippen LogP contribution in [0.5, 0.6) is 0 Å². The molecule has 1 fully saturated rings. The Labute approximate surface area is 94.3 Å². The largest absolute Gasteiger partial charge is 0.327 e. The van der Waals surface area contributed by atoms with Crippen LogP contribution in [-0.2, 0) is 6.42 Å². The Balaban J connectivity index is 1.98. The minimum atomic E-state index is 0.412.